The molecule has 16 heavy (non-hydrogen) atoms. The molecule has 0 radical (unpaired) electrons. The quantitative estimate of drug-likeness (QED) is 0.704. The maximum Gasteiger partial charge on any atom is 0.0248 e. The second-order valence-electron chi connectivity index (χ2n) is 4.17. The summed E-state index contributed by atoms with van der Waals surface area (Å²) in [6.07, 6.45) is 2.34. The molecule has 2 rings (SSSR count). The number of hydrogen-bond donors (Lipinski definition) is 1. The van der Waals surface area contributed by atoms with Gasteiger partial charge in [0.1, 0.15) is 0 Å². The van der Waals surface area contributed by atoms with Crippen LogP contribution in [0.5, 0.6) is 0 Å². The van der Waals surface area contributed by atoms with Crippen molar-refractivity contribution >= 4 is 0 Å². The second kappa shape index (κ2) is 5.53. The van der Waals surface area contributed by atoms with Crippen molar-refractivity contribution in [3.63, 3.8) is 0 Å². The number of piperidine rings is 1. The van der Waals surface area contributed by atoms with Gasteiger partial charge in [0.15, 0.2) is 0 Å². The molecule has 82 valence electrons. The third kappa shape index (κ3) is 2.98. The van der Waals surface area contributed by atoms with Gasteiger partial charge in [-0.05, 0) is 49.6 Å². The third-order valence-electron chi connectivity index (χ3n) is 2.97. The molecule has 1 N–H and O–H groups in total. The Bertz CT molecular complexity index is 402. The Morgan fingerprint density at radius 3 is 2.56 bits per heavy atom. The second-order valence-corrected chi connectivity index (χ2v) is 4.17. The van der Waals surface area contributed by atoms with Gasteiger partial charge in [-0.15, -0.1) is 0 Å². The molecule has 0 aromatic heterocycles. The highest BCUT2D eigenvalue weighted by Gasteiger charge is 2.14. The fourth-order valence-corrected chi connectivity index (χ4v) is 1.95. The van der Waals surface area contributed by atoms with Crippen LogP contribution in [-0.4, -0.2) is 13.1 Å². The Kier molecular flexibility index (Phi) is 3.80. The molecule has 1 fully saturated rings. The highest BCUT2D eigenvalue weighted by atomic mass is 14.9. The molecule has 0 spiro atoms. The Hall–Kier alpha value is -1.52. The van der Waals surface area contributed by atoms with E-state index in [1.54, 1.807) is 0 Å². The average molecular weight is 211 g/mol. The molecule has 1 heterocycles. The van der Waals surface area contributed by atoms with E-state index in [0.29, 0.717) is 5.92 Å². The number of hydrogen-bond acceptors (Lipinski definition) is 1. The SMILES string of the molecule is C=C(C#Cc1ccccc1)C1CCNCC1. The third-order valence-corrected chi connectivity index (χ3v) is 2.97. The van der Waals surface area contributed by atoms with Gasteiger partial charge in [0.25, 0.3) is 0 Å². The minimum absolute atomic E-state index is 0.581. The van der Waals surface area contributed by atoms with Crippen LogP contribution < -0.4 is 5.32 Å². The van der Waals surface area contributed by atoms with Crippen LogP contribution in [0.2, 0.25) is 0 Å². The summed E-state index contributed by atoms with van der Waals surface area (Å²) in [7, 11) is 0. The minimum Gasteiger partial charge on any atom is -0.317 e. The van der Waals surface area contributed by atoms with Gasteiger partial charge in [-0.1, -0.05) is 36.6 Å². The highest BCUT2D eigenvalue weighted by Crippen LogP contribution is 2.19. The van der Waals surface area contributed by atoms with Crippen LogP contribution in [0.15, 0.2) is 42.5 Å². The van der Waals surface area contributed by atoms with Crippen LogP contribution in [-0.2, 0) is 0 Å². The van der Waals surface area contributed by atoms with E-state index in [9.17, 15) is 0 Å². The topological polar surface area (TPSA) is 12.0 Å². The van der Waals surface area contributed by atoms with Crippen molar-refractivity contribution in [1.82, 2.24) is 5.32 Å². The molecule has 0 atom stereocenters. The van der Waals surface area contributed by atoms with Crippen molar-refractivity contribution in [2.24, 2.45) is 5.92 Å². The van der Waals surface area contributed by atoms with Crippen molar-refractivity contribution in [2.45, 2.75) is 12.8 Å². The highest BCUT2D eigenvalue weighted by molar-refractivity contribution is 5.40. The molecule has 1 aromatic rings. The Labute approximate surface area is 97.6 Å². The summed E-state index contributed by atoms with van der Waals surface area (Å²) >= 11 is 0. The van der Waals surface area contributed by atoms with Crippen LogP contribution in [0.3, 0.4) is 0 Å². The number of allylic oxidation sites excluding steroid dienone is 1. The Balaban J connectivity index is 1.99. The summed E-state index contributed by atoms with van der Waals surface area (Å²) in [5.74, 6) is 6.95. The van der Waals surface area contributed by atoms with Crippen molar-refractivity contribution in [3.05, 3.63) is 48.0 Å². The molecule has 1 saturated heterocycles. The molecule has 0 amide bonds. The lowest BCUT2D eigenvalue weighted by Crippen LogP contribution is -2.28. The first-order valence-electron chi connectivity index (χ1n) is 5.83. The first kappa shape index (κ1) is 11.0. The smallest absolute Gasteiger partial charge is 0.0248 e. The summed E-state index contributed by atoms with van der Waals surface area (Å²) in [5.41, 5.74) is 2.16. The fourth-order valence-electron chi connectivity index (χ4n) is 1.95. The molecule has 1 aliphatic heterocycles. The number of benzene rings is 1. The van der Waals surface area contributed by atoms with E-state index in [1.807, 2.05) is 30.3 Å². The molecule has 1 heteroatoms. The maximum atomic E-state index is 4.09. The zero-order chi connectivity index (χ0) is 11.2. The molecule has 0 saturated carbocycles. The zero-order valence-electron chi connectivity index (χ0n) is 9.50. The van der Waals surface area contributed by atoms with E-state index in [-0.39, 0.29) is 0 Å². The number of nitrogens with one attached hydrogen (secondary N) is 1. The van der Waals surface area contributed by atoms with E-state index < -0.39 is 0 Å². The van der Waals surface area contributed by atoms with Gasteiger partial charge in [0, 0.05) is 5.56 Å². The summed E-state index contributed by atoms with van der Waals surface area (Å²) in [4.78, 5) is 0. The van der Waals surface area contributed by atoms with Crippen LogP contribution >= 0.6 is 0 Å². The maximum absolute atomic E-state index is 4.09. The summed E-state index contributed by atoms with van der Waals surface area (Å²) in [6.45, 7) is 6.28. The molecule has 0 bridgehead atoms. The van der Waals surface area contributed by atoms with Gasteiger partial charge in [0.05, 0.1) is 0 Å². The van der Waals surface area contributed by atoms with Crippen molar-refractivity contribution in [1.29, 1.82) is 0 Å². The van der Waals surface area contributed by atoms with Gasteiger partial charge in [-0.25, -0.2) is 0 Å². The predicted octanol–water partition coefficient (Wildman–Crippen LogP) is 2.59. The van der Waals surface area contributed by atoms with Crippen molar-refractivity contribution in [2.75, 3.05) is 13.1 Å². The predicted molar refractivity (Wildman–Crippen MR) is 68.1 cm³/mol. The summed E-state index contributed by atoms with van der Waals surface area (Å²) in [6, 6.07) is 10.1. The average Bonchev–Trinajstić information content (AvgIpc) is 2.38. The normalized spacial score (nSPS) is 16.2. The van der Waals surface area contributed by atoms with Crippen molar-refractivity contribution in [3.8, 4) is 11.8 Å². The molecular weight excluding hydrogens is 194 g/mol. The first-order chi connectivity index (χ1) is 7.86. The van der Waals surface area contributed by atoms with Crippen LogP contribution in [0.4, 0.5) is 0 Å². The fraction of sp³-hybridized carbons (Fsp3) is 0.333. The van der Waals surface area contributed by atoms with Crippen LogP contribution in [0.25, 0.3) is 0 Å². The van der Waals surface area contributed by atoms with Gasteiger partial charge >= 0.3 is 0 Å². The van der Waals surface area contributed by atoms with Crippen molar-refractivity contribution < 1.29 is 0 Å². The van der Waals surface area contributed by atoms with E-state index in [4.69, 9.17) is 0 Å². The van der Waals surface area contributed by atoms with Gasteiger partial charge in [-0.2, -0.15) is 0 Å². The van der Waals surface area contributed by atoms with E-state index >= 15 is 0 Å². The summed E-state index contributed by atoms with van der Waals surface area (Å²) < 4.78 is 0. The minimum atomic E-state index is 0.581. The Morgan fingerprint density at radius 1 is 1.19 bits per heavy atom. The lowest BCUT2D eigenvalue weighted by Gasteiger charge is -2.21. The Morgan fingerprint density at radius 2 is 1.88 bits per heavy atom. The van der Waals surface area contributed by atoms with E-state index in [1.165, 1.54) is 12.8 Å². The van der Waals surface area contributed by atoms with Crippen LogP contribution in [0, 0.1) is 17.8 Å². The molecule has 1 aliphatic rings. The van der Waals surface area contributed by atoms with Crippen LogP contribution in [0.1, 0.15) is 18.4 Å². The summed E-state index contributed by atoms with van der Waals surface area (Å²) in [5, 5.41) is 3.35. The van der Waals surface area contributed by atoms with Gasteiger partial charge in [-0.3, -0.25) is 0 Å². The standard InChI is InChI=1S/C15H17N/c1-13(15-9-11-16-12-10-15)7-8-14-5-3-2-4-6-14/h2-6,15-16H,1,9-12H2. The largest absolute Gasteiger partial charge is 0.317 e. The lowest BCUT2D eigenvalue weighted by atomic mass is 9.91. The molecule has 1 aromatic carbocycles. The molecular formula is C15H17N. The lowest BCUT2D eigenvalue weighted by molar-refractivity contribution is 0.428. The van der Waals surface area contributed by atoms with Gasteiger partial charge < -0.3 is 5.32 Å². The van der Waals surface area contributed by atoms with E-state index in [0.717, 1.165) is 24.2 Å². The zero-order valence-corrected chi connectivity index (χ0v) is 9.50. The molecule has 1 nitrogen and oxygen atoms in total. The monoisotopic (exact) mass is 211 g/mol. The molecule has 0 aliphatic carbocycles. The number of rotatable bonds is 1. The van der Waals surface area contributed by atoms with E-state index in [2.05, 4.69) is 23.7 Å². The molecule has 0 unspecified atom stereocenters. The first-order valence-corrected chi connectivity index (χ1v) is 5.83. The van der Waals surface area contributed by atoms with Gasteiger partial charge in [0.2, 0.25) is 0 Å².